The third kappa shape index (κ3) is 1.44. The van der Waals surface area contributed by atoms with E-state index < -0.39 is 0 Å². The van der Waals surface area contributed by atoms with Crippen molar-refractivity contribution in [3.63, 3.8) is 0 Å². The molecule has 2 nitrogen and oxygen atoms in total. The predicted octanol–water partition coefficient (Wildman–Crippen LogP) is 2.32. The molecule has 0 spiro atoms. The van der Waals surface area contributed by atoms with Crippen molar-refractivity contribution in [2.45, 2.75) is 13.2 Å². The number of aliphatic hydroxyl groups excluding tert-OH is 1. The summed E-state index contributed by atoms with van der Waals surface area (Å²) in [5, 5.41) is 10.2. The lowest BCUT2D eigenvalue weighted by molar-refractivity contribution is 0.282. The molecule has 14 heavy (non-hydrogen) atoms. The molecule has 0 fully saturated rings. The monoisotopic (exact) mass is 187 g/mol. The lowest BCUT2D eigenvalue weighted by Crippen LogP contribution is -1.92. The van der Waals surface area contributed by atoms with E-state index in [0.717, 1.165) is 17.6 Å². The average Bonchev–Trinajstić information content (AvgIpc) is 2.61. The van der Waals surface area contributed by atoms with Crippen molar-refractivity contribution in [3.05, 3.63) is 48.7 Å². The minimum Gasteiger partial charge on any atom is -0.392 e. The Labute approximate surface area is 83.1 Å². The number of aliphatic hydroxyl groups is 1. The first-order chi connectivity index (χ1) is 6.85. The molecule has 0 unspecified atom stereocenters. The quantitative estimate of drug-likeness (QED) is 0.733. The Balaban J connectivity index is 2.57. The maximum atomic E-state index is 9.03. The maximum absolute atomic E-state index is 9.03. The summed E-state index contributed by atoms with van der Waals surface area (Å²) in [6, 6.07) is 8.06. The molecule has 0 amide bonds. The second-order valence-corrected chi connectivity index (χ2v) is 3.31. The van der Waals surface area contributed by atoms with Crippen LogP contribution in [0.3, 0.4) is 0 Å². The molecule has 1 aromatic heterocycles. The van der Waals surface area contributed by atoms with Gasteiger partial charge in [0.2, 0.25) is 0 Å². The number of fused-ring (bicyclic) bond motifs is 1. The van der Waals surface area contributed by atoms with Crippen molar-refractivity contribution in [1.29, 1.82) is 0 Å². The van der Waals surface area contributed by atoms with Crippen molar-refractivity contribution in [3.8, 4) is 0 Å². The van der Waals surface area contributed by atoms with Gasteiger partial charge in [0, 0.05) is 18.3 Å². The van der Waals surface area contributed by atoms with E-state index in [-0.39, 0.29) is 6.61 Å². The van der Waals surface area contributed by atoms with Crippen molar-refractivity contribution >= 4 is 10.9 Å². The third-order valence-electron chi connectivity index (χ3n) is 2.35. The molecule has 1 aromatic carbocycles. The summed E-state index contributed by atoms with van der Waals surface area (Å²) in [4.78, 5) is 0. The van der Waals surface area contributed by atoms with Gasteiger partial charge in [-0.15, -0.1) is 6.58 Å². The Kier molecular flexibility index (Phi) is 2.37. The van der Waals surface area contributed by atoms with Crippen LogP contribution >= 0.6 is 0 Å². The molecule has 0 aliphatic carbocycles. The van der Waals surface area contributed by atoms with Crippen LogP contribution < -0.4 is 0 Å². The van der Waals surface area contributed by atoms with E-state index in [1.165, 1.54) is 5.39 Å². The molecular formula is C12H13NO. The lowest BCUT2D eigenvalue weighted by Gasteiger charge is -2.02. The topological polar surface area (TPSA) is 25.2 Å². The van der Waals surface area contributed by atoms with E-state index >= 15 is 0 Å². The first-order valence-electron chi connectivity index (χ1n) is 4.64. The van der Waals surface area contributed by atoms with Crippen LogP contribution in [0.15, 0.2) is 43.1 Å². The summed E-state index contributed by atoms with van der Waals surface area (Å²) in [6.07, 6.45) is 3.90. The van der Waals surface area contributed by atoms with E-state index in [2.05, 4.69) is 17.2 Å². The van der Waals surface area contributed by atoms with Gasteiger partial charge < -0.3 is 9.67 Å². The van der Waals surface area contributed by atoms with Crippen LogP contribution in [0.5, 0.6) is 0 Å². The zero-order valence-electron chi connectivity index (χ0n) is 7.98. The Morgan fingerprint density at radius 3 is 2.93 bits per heavy atom. The first-order valence-corrected chi connectivity index (χ1v) is 4.64. The SMILES string of the molecule is C=CCn1ccc2ccc(CO)cc21. The number of hydrogen-bond donors (Lipinski definition) is 1. The van der Waals surface area contributed by atoms with Crippen LogP contribution in [0.2, 0.25) is 0 Å². The number of allylic oxidation sites excluding steroid dienone is 1. The fourth-order valence-electron chi connectivity index (χ4n) is 1.63. The van der Waals surface area contributed by atoms with E-state index in [1.807, 2.05) is 30.5 Å². The molecular weight excluding hydrogens is 174 g/mol. The summed E-state index contributed by atoms with van der Waals surface area (Å²) in [5.41, 5.74) is 2.10. The van der Waals surface area contributed by atoms with Gasteiger partial charge in [0.1, 0.15) is 0 Å². The Morgan fingerprint density at radius 1 is 1.36 bits per heavy atom. The summed E-state index contributed by atoms with van der Waals surface area (Å²) >= 11 is 0. The third-order valence-corrected chi connectivity index (χ3v) is 2.35. The van der Waals surface area contributed by atoms with E-state index in [0.29, 0.717) is 0 Å². The van der Waals surface area contributed by atoms with Gasteiger partial charge in [-0.1, -0.05) is 18.2 Å². The summed E-state index contributed by atoms with van der Waals surface area (Å²) in [5.74, 6) is 0. The largest absolute Gasteiger partial charge is 0.392 e. The average molecular weight is 187 g/mol. The Morgan fingerprint density at radius 2 is 2.21 bits per heavy atom. The fourth-order valence-corrected chi connectivity index (χ4v) is 1.63. The minimum absolute atomic E-state index is 0.0925. The molecule has 0 atom stereocenters. The molecule has 1 heterocycles. The van der Waals surface area contributed by atoms with Crippen molar-refractivity contribution in [1.82, 2.24) is 4.57 Å². The Bertz CT molecular complexity index is 456. The summed E-state index contributed by atoms with van der Waals surface area (Å²) < 4.78 is 2.11. The summed E-state index contributed by atoms with van der Waals surface area (Å²) in [6.45, 7) is 4.61. The van der Waals surface area contributed by atoms with Gasteiger partial charge in [0.25, 0.3) is 0 Å². The zero-order valence-corrected chi connectivity index (χ0v) is 7.98. The molecule has 2 heteroatoms. The second-order valence-electron chi connectivity index (χ2n) is 3.31. The molecule has 2 aromatic rings. The minimum atomic E-state index is 0.0925. The van der Waals surface area contributed by atoms with Crippen LogP contribution in [0.25, 0.3) is 10.9 Å². The van der Waals surface area contributed by atoms with Gasteiger partial charge in [-0.2, -0.15) is 0 Å². The van der Waals surface area contributed by atoms with Crippen LogP contribution in [-0.4, -0.2) is 9.67 Å². The zero-order chi connectivity index (χ0) is 9.97. The molecule has 0 saturated carbocycles. The van der Waals surface area contributed by atoms with Crippen molar-refractivity contribution in [2.24, 2.45) is 0 Å². The van der Waals surface area contributed by atoms with Gasteiger partial charge in [-0.05, 0) is 23.1 Å². The first kappa shape index (κ1) is 9.03. The molecule has 0 aliphatic rings. The molecule has 0 bridgehead atoms. The van der Waals surface area contributed by atoms with Crippen LogP contribution in [0, 0.1) is 0 Å². The number of rotatable bonds is 3. The smallest absolute Gasteiger partial charge is 0.0682 e. The summed E-state index contributed by atoms with van der Waals surface area (Å²) in [7, 11) is 0. The van der Waals surface area contributed by atoms with Crippen LogP contribution in [-0.2, 0) is 13.2 Å². The second kappa shape index (κ2) is 3.68. The van der Waals surface area contributed by atoms with Crippen LogP contribution in [0.1, 0.15) is 5.56 Å². The van der Waals surface area contributed by atoms with Gasteiger partial charge in [-0.25, -0.2) is 0 Å². The van der Waals surface area contributed by atoms with Gasteiger partial charge >= 0.3 is 0 Å². The van der Waals surface area contributed by atoms with Gasteiger partial charge in [0.05, 0.1) is 6.61 Å². The van der Waals surface area contributed by atoms with Crippen molar-refractivity contribution in [2.75, 3.05) is 0 Å². The fraction of sp³-hybridized carbons (Fsp3) is 0.167. The molecule has 0 radical (unpaired) electrons. The Hall–Kier alpha value is -1.54. The van der Waals surface area contributed by atoms with E-state index in [1.54, 1.807) is 0 Å². The highest BCUT2D eigenvalue weighted by atomic mass is 16.3. The lowest BCUT2D eigenvalue weighted by atomic mass is 10.2. The number of benzene rings is 1. The van der Waals surface area contributed by atoms with E-state index in [9.17, 15) is 0 Å². The molecule has 72 valence electrons. The highest BCUT2D eigenvalue weighted by Gasteiger charge is 2.00. The van der Waals surface area contributed by atoms with Crippen molar-refractivity contribution < 1.29 is 5.11 Å². The van der Waals surface area contributed by atoms with Gasteiger partial charge in [-0.3, -0.25) is 0 Å². The standard InChI is InChI=1S/C12H13NO/c1-2-6-13-7-5-11-4-3-10(9-14)8-12(11)13/h2-5,7-8,14H,1,6,9H2. The molecule has 2 rings (SSSR count). The predicted molar refractivity (Wildman–Crippen MR) is 58.1 cm³/mol. The molecule has 0 aliphatic heterocycles. The molecule has 1 N–H and O–H groups in total. The highest BCUT2D eigenvalue weighted by Crippen LogP contribution is 2.17. The van der Waals surface area contributed by atoms with E-state index in [4.69, 9.17) is 5.11 Å². The maximum Gasteiger partial charge on any atom is 0.0682 e. The normalized spacial score (nSPS) is 10.6. The van der Waals surface area contributed by atoms with Gasteiger partial charge in [0.15, 0.2) is 0 Å². The molecule has 0 saturated heterocycles. The number of nitrogens with zero attached hydrogens (tertiary/aromatic N) is 1. The van der Waals surface area contributed by atoms with Crippen LogP contribution in [0.4, 0.5) is 0 Å². The number of aromatic nitrogens is 1. The highest BCUT2D eigenvalue weighted by molar-refractivity contribution is 5.80. The number of hydrogen-bond acceptors (Lipinski definition) is 1.